The number of hydrogen-bond donors (Lipinski definition) is 2. The number of hydrogen-bond acceptors (Lipinski definition) is 5. The monoisotopic (exact) mass is 333 g/mol. The Morgan fingerprint density at radius 1 is 1.33 bits per heavy atom. The van der Waals surface area contributed by atoms with Crippen molar-refractivity contribution in [3.05, 3.63) is 22.8 Å². The lowest BCUT2D eigenvalue weighted by Gasteiger charge is -2.08. The number of nitrogens with one attached hydrogen (secondary N) is 2. The van der Waals surface area contributed by atoms with Crippen molar-refractivity contribution in [2.24, 2.45) is 0 Å². The quantitative estimate of drug-likeness (QED) is 0.756. The number of rotatable bonds is 8. The third kappa shape index (κ3) is 5.89. The molecule has 0 aromatic carbocycles. The summed E-state index contributed by atoms with van der Waals surface area (Å²) in [5.41, 5.74) is 0.302. The zero-order valence-corrected chi connectivity index (χ0v) is 13.7. The minimum absolute atomic E-state index is 0.0635. The van der Waals surface area contributed by atoms with Crippen LogP contribution in [0.1, 0.15) is 30.6 Å². The van der Waals surface area contributed by atoms with Gasteiger partial charge in [-0.2, -0.15) is 0 Å². The lowest BCUT2D eigenvalue weighted by atomic mass is 10.2. The van der Waals surface area contributed by atoms with Gasteiger partial charge in [-0.15, -0.1) is 0 Å². The van der Waals surface area contributed by atoms with E-state index < -0.39 is 15.7 Å². The van der Waals surface area contributed by atoms with Gasteiger partial charge >= 0.3 is 0 Å². The Balaban J connectivity index is 2.61. The van der Waals surface area contributed by atoms with Gasteiger partial charge in [0.05, 0.1) is 16.3 Å². The molecule has 21 heavy (non-hydrogen) atoms. The first-order valence-corrected chi connectivity index (χ1v) is 8.97. The van der Waals surface area contributed by atoms with Crippen molar-refractivity contribution in [2.45, 2.75) is 20.3 Å². The summed E-state index contributed by atoms with van der Waals surface area (Å²) in [6.07, 6.45) is 2.35. The molecule has 1 aromatic rings. The largest absolute Gasteiger partial charge is 0.369 e. The lowest BCUT2D eigenvalue weighted by Crippen LogP contribution is -2.29. The van der Waals surface area contributed by atoms with Crippen molar-refractivity contribution in [1.82, 2.24) is 10.3 Å². The normalized spacial score (nSPS) is 11.2. The van der Waals surface area contributed by atoms with Crippen LogP contribution in [0.2, 0.25) is 5.02 Å². The van der Waals surface area contributed by atoms with Crippen molar-refractivity contribution in [3.8, 4) is 0 Å². The van der Waals surface area contributed by atoms with Crippen LogP contribution in [0.4, 0.5) is 5.82 Å². The van der Waals surface area contributed by atoms with Crippen LogP contribution in [0.5, 0.6) is 0 Å². The van der Waals surface area contributed by atoms with Crippen LogP contribution in [-0.2, 0) is 9.84 Å². The molecule has 1 amide bonds. The van der Waals surface area contributed by atoms with Gasteiger partial charge in [0.15, 0.2) is 9.84 Å². The maximum atomic E-state index is 11.9. The lowest BCUT2D eigenvalue weighted by molar-refractivity contribution is 0.0956. The van der Waals surface area contributed by atoms with E-state index in [1.165, 1.54) is 12.3 Å². The molecular formula is C13H20ClN3O3S. The number of nitrogens with zero attached hydrogens (tertiary/aromatic N) is 1. The fourth-order valence-electron chi connectivity index (χ4n) is 1.50. The first-order chi connectivity index (χ1) is 9.89. The molecule has 0 saturated heterocycles. The average molecular weight is 334 g/mol. The van der Waals surface area contributed by atoms with Gasteiger partial charge in [-0.05, 0) is 12.5 Å². The third-order valence-corrected chi connectivity index (χ3v) is 4.78. The number of sulfone groups is 1. The van der Waals surface area contributed by atoms with E-state index in [2.05, 4.69) is 15.6 Å². The molecule has 0 atom stereocenters. The Labute approximate surface area is 130 Å². The molecule has 1 aromatic heterocycles. The molecule has 6 nitrogen and oxygen atoms in total. The highest BCUT2D eigenvalue weighted by Gasteiger charge is 2.12. The minimum atomic E-state index is -3.09. The molecule has 0 bridgehead atoms. The predicted molar refractivity (Wildman–Crippen MR) is 84.7 cm³/mol. The van der Waals surface area contributed by atoms with Crippen LogP contribution < -0.4 is 10.6 Å². The highest BCUT2D eigenvalue weighted by atomic mass is 35.5. The second-order valence-electron chi connectivity index (χ2n) is 4.47. The van der Waals surface area contributed by atoms with Crippen LogP contribution in [0.3, 0.4) is 0 Å². The molecule has 0 radical (unpaired) electrons. The first-order valence-electron chi connectivity index (χ1n) is 6.77. The predicted octanol–water partition coefficient (Wildman–Crippen LogP) is 1.72. The zero-order valence-electron chi connectivity index (χ0n) is 12.1. The molecule has 0 saturated carbocycles. The van der Waals surface area contributed by atoms with Crippen molar-refractivity contribution in [2.75, 3.05) is 29.9 Å². The van der Waals surface area contributed by atoms with Gasteiger partial charge in [-0.1, -0.05) is 25.4 Å². The smallest absolute Gasteiger partial charge is 0.252 e. The van der Waals surface area contributed by atoms with E-state index in [-0.39, 0.29) is 18.1 Å². The molecule has 0 aliphatic rings. The Kier molecular flexibility index (Phi) is 6.91. The molecule has 0 aliphatic carbocycles. The van der Waals surface area contributed by atoms with Gasteiger partial charge in [0, 0.05) is 25.0 Å². The number of aromatic nitrogens is 1. The average Bonchev–Trinajstić information content (AvgIpc) is 2.45. The Morgan fingerprint density at radius 2 is 2.05 bits per heavy atom. The van der Waals surface area contributed by atoms with Gasteiger partial charge in [0.1, 0.15) is 5.82 Å². The van der Waals surface area contributed by atoms with E-state index >= 15 is 0 Å². The number of anilines is 1. The standard InChI is InChI=1S/C13H20ClN3O3S/c1-3-5-15-12-11(14)8-10(9-17-12)13(18)16-6-7-21(19,20)4-2/h8-9H,3-7H2,1-2H3,(H,15,17)(H,16,18). The Bertz CT molecular complexity index is 590. The molecule has 1 rings (SSSR count). The van der Waals surface area contributed by atoms with E-state index in [4.69, 9.17) is 11.6 Å². The molecule has 2 N–H and O–H groups in total. The number of carbonyl (C=O) groups excluding carboxylic acids is 1. The molecule has 0 fully saturated rings. The van der Waals surface area contributed by atoms with Gasteiger partial charge in [0.25, 0.3) is 5.91 Å². The van der Waals surface area contributed by atoms with Crippen molar-refractivity contribution >= 4 is 33.2 Å². The molecule has 1 heterocycles. The van der Waals surface area contributed by atoms with Crippen LogP contribution >= 0.6 is 11.6 Å². The Morgan fingerprint density at radius 3 is 2.62 bits per heavy atom. The summed E-state index contributed by atoms with van der Waals surface area (Å²) in [4.78, 5) is 16.0. The van der Waals surface area contributed by atoms with E-state index in [9.17, 15) is 13.2 Å². The number of pyridine rings is 1. The van der Waals surface area contributed by atoms with E-state index in [0.717, 1.165) is 13.0 Å². The fourth-order valence-corrected chi connectivity index (χ4v) is 2.44. The Hall–Kier alpha value is -1.34. The highest BCUT2D eigenvalue weighted by Crippen LogP contribution is 2.19. The van der Waals surface area contributed by atoms with Crippen LogP contribution in [0, 0.1) is 0 Å². The molecular weight excluding hydrogens is 314 g/mol. The molecule has 0 spiro atoms. The van der Waals surface area contributed by atoms with E-state index in [1.54, 1.807) is 6.92 Å². The van der Waals surface area contributed by atoms with Gasteiger partial charge in [-0.25, -0.2) is 13.4 Å². The van der Waals surface area contributed by atoms with Crippen molar-refractivity contribution < 1.29 is 13.2 Å². The zero-order chi connectivity index (χ0) is 15.9. The van der Waals surface area contributed by atoms with Gasteiger partial charge in [0.2, 0.25) is 0 Å². The second kappa shape index (κ2) is 8.19. The number of halogens is 1. The molecule has 118 valence electrons. The summed E-state index contributed by atoms with van der Waals surface area (Å²) in [6, 6.07) is 1.51. The summed E-state index contributed by atoms with van der Waals surface area (Å²) in [5, 5.41) is 5.95. The SMILES string of the molecule is CCCNc1ncc(C(=O)NCCS(=O)(=O)CC)cc1Cl. The van der Waals surface area contributed by atoms with Gasteiger partial charge in [-0.3, -0.25) is 4.79 Å². The third-order valence-electron chi connectivity index (χ3n) is 2.78. The molecule has 0 aliphatic heterocycles. The summed E-state index contributed by atoms with van der Waals surface area (Å²) in [7, 11) is -3.09. The van der Waals surface area contributed by atoms with E-state index in [0.29, 0.717) is 16.4 Å². The summed E-state index contributed by atoms with van der Waals surface area (Å²) < 4.78 is 22.6. The van der Waals surface area contributed by atoms with Crippen molar-refractivity contribution in [1.29, 1.82) is 0 Å². The van der Waals surface area contributed by atoms with Crippen LogP contribution in [0.15, 0.2) is 12.3 Å². The highest BCUT2D eigenvalue weighted by molar-refractivity contribution is 7.91. The molecule has 8 heteroatoms. The maximum absolute atomic E-state index is 11.9. The fraction of sp³-hybridized carbons (Fsp3) is 0.538. The summed E-state index contributed by atoms with van der Waals surface area (Å²) in [6.45, 7) is 4.41. The topological polar surface area (TPSA) is 88.2 Å². The van der Waals surface area contributed by atoms with Gasteiger partial charge < -0.3 is 10.6 Å². The van der Waals surface area contributed by atoms with E-state index in [1.807, 2.05) is 6.92 Å². The summed E-state index contributed by atoms with van der Waals surface area (Å²) in [5.74, 6) is 0.127. The maximum Gasteiger partial charge on any atom is 0.252 e. The van der Waals surface area contributed by atoms with Crippen LogP contribution in [0.25, 0.3) is 0 Å². The van der Waals surface area contributed by atoms with Crippen LogP contribution in [-0.4, -0.2) is 43.9 Å². The summed E-state index contributed by atoms with van der Waals surface area (Å²) >= 11 is 6.04. The number of amides is 1. The molecule has 0 unspecified atom stereocenters. The van der Waals surface area contributed by atoms with Crippen molar-refractivity contribution in [3.63, 3.8) is 0 Å². The second-order valence-corrected chi connectivity index (χ2v) is 7.35. The minimum Gasteiger partial charge on any atom is -0.369 e. The number of carbonyl (C=O) groups is 1. The first kappa shape index (κ1) is 17.7.